The van der Waals surface area contributed by atoms with Crippen LogP contribution in [0.2, 0.25) is 0 Å². The number of carboxylic acids is 1. The maximum absolute atomic E-state index is 14.3. The maximum Gasteiger partial charge on any atom is 0.408 e. The number of carbonyl (C=O) groups is 5. The minimum Gasteiger partial charge on any atom is -0.481 e. The summed E-state index contributed by atoms with van der Waals surface area (Å²) >= 11 is 0. The average Bonchev–Trinajstić information content (AvgIpc) is 3.62. The van der Waals surface area contributed by atoms with Crippen LogP contribution in [-0.2, 0) is 36.8 Å². The third-order valence-electron chi connectivity index (χ3n) is 9.51. The number of aromatic amines is 1. The summed E-state index contributed by atoms with van der Waals surface area (Å²) in [6.07, 6.45) is 7.93. The molecule has 1 aromatic heterocycles. The molecule has 0 radical (unpaired) electrons. The normalized spacial score (nSPS) is 16.4. The van der Waals surface area contributed by atoms with Crippen LogP contribution in [0.5, 0.6) is 0 Å². The van der Waals surface area contributed by atoms with Crippen molar-refractivity contribution >= 4 is 29.8 Å². The second-order valence-corrected chi connectivity index (χ2v) is 16.0. The molecule has 14 heteroatoms. The van der Waals surface area contributed by atoms with Gasteiger partial charge in [-0.2, -0.15) is 0 Å². The average molecular weight is 755 g/mol. The Balaban J connectivity index is 1.85. The van der Waals surface area contributed by atoms with Crippen LogP contribution in [0.25, 0.3) is 0 Å². The summed E-state index contributed by atoms with van der Waals surface area (Å²) in [5, 5.41) is 32.2. The summed E-state index contributed by atoms with van der Waals surface area (Å²) in [7, 11) is 0. The minimum absolute atomic E-state index is 0.0343. The molecule has 0 spiro atoms. The first kappa shape index (κ1) is 43.9. The highest BCUT2D eigenvalue weighted by Crippen LogP contribution is 2.30. The van der Waals surface area contributed by atoms with Crippen molar-refractivity contribution in [1.29, 1.82) is 0 Å². The van der Waals surface area contributed by atoms with Crippen LogP contribution >= 0.6 is 0 Å². The predicted molar refractivity (Wildman–Crippen MR) is 204 cm³/mol. The number of rotatable bonds is 21. The van der Waals surface area contributed by atoms with E-state index in [0.29, 0.717) is 25.0 Å². The number of carbonyl (C=O) groups excluding carboxylic acids is 4. The molecular weight excluding hydrogens is 692 g/mol. The lowest BCUT2D eigenvalue weighted by Gasteiger charge is -2.33. The Kier molecular flexibility index (Phi) is 17.9. The number of imidazole rings is 1. The van der Waals surface area contributed by atoms with Gasteiger partial charge in [0.15, 0.2) is 0 Å². The predicted octanol–water partition coefficient (Wildman–Crippen LogP) is 4.42. The molecule has 54 heavy (non-hydrogen) atoms. The van der Waals surface area contributed by atoms with E-state index in [1.54, 1.807) is 27.0 Å². The number of alkyl carbamates (subject to hydrolysis) is 1. The van der Waals surface area contributed by atoms with Gasteiger partial charge in [0.2, 0.25) is 17.7 Å². The van der Waals surface area contributed by atoms with Gasteiger partial charge >= 0.3 is 12.1 Å². The fraction of sp³-hybridized carbons (Fsp3) is 0.650. The number of hydrogen-bond acceptors (Lipinski definition) is 8. The van der Waals surface area contributed by atoms with Gasteiger partial charge in [-0.25, -0.2) is 9.78 Å². The van der Waals surface area contributed by atoms with Crippen LogP contribution in [0.3, 0.4) is 0 Å². The summed E-state index contributed by atoms with van der Waals surface area (Å²) in [4.78, 5) is 72.5. The van der Waals surface area contributed by atoms with Crippen molar-refractivity contribution in [3.63, 3.8) is 0 Å². The van der Waals surface area contributed by atoms with Crippen molar-refractivity contribution in [2.45, 2.75) is 141 Å². The number of nitrogens with one attached hydrogen (secondary N) is 5. The molecule has 3 unspecified atom stereocenters. The van der Waals surface area contributed by atoms with Gasteiger partial charge in [-0.3, -0.25) is 19.2 Å². The Bertz CT molecular complexity index is 1460. The van der Waals surface area contributed by atoms with E-state index in [0.717, 1.165) is 37.7 Å². The van der Waals surface area contributed by atoms with Crippen LogP contribution in [-0.4, -0.2) is 86.3 Å². The van der Waals surface area contributed by atoms with Crippen molar-refractivity contribution in [3.8, 4) is 0 Å². The van der Waals surface area contributed by atoms with Gasteiger partial charge in [0.05, 0.1) is 24.2 Å². The van der Waals surface area contributed by atoms with Crippen molar-refractivity contribution in [1.82, 2.24) is 31.2 Å². The Morgan fingerprint density at radius 2 is 1.57 bits per heavy atom. The highest BCUT2D eigenvalue weighted by molar-refractivity contribution is 5.91. The number of benzene rings is 1. The van der Waals surface area contributed by atoms with E-state index in [2.05, 4.69) is 31.2 Å². The van der Waals surface area contributed by atoms with Crippen LogP contribution in [0.1, 0.15) is 110 Å². The van der Waals surface area contributed by atoms with Crippen molar-refractivity contribution in [3.05, 3.63) is 54.1 Å². The lowest BCUT2D eigenvalue weighted by Crippen LogP contribution is -2.58. The van der Waals surface area contributed by atoms with Gasteiger partial charge in [-0.05, 0) is 63.9 Å². The number of amides is 4. The highest BCUT2D eigenvalue weighted by Gasteiger charge is 2.34. The number of nitrogens with zero attached hydrogens (tertiary/aromatic N) is 1. The molecule has 1 aliphatic carbocycles. The number of aliphatic hydroxyl groups excluding tert-OH is 1. The maximum atomic E-state index is 14.3. The van der Waals surface area contributed by atoms with E-state index >= 15 is 0 Å². The van der Waals surface area contributed by atoms with E-state index in [9.17, 15) is 29.1 Å². The molecule has 1 fully saturated rings. The fourth-order valence-electron chi connectivity index (χ4n) is 6.91. The summed E-state index contributed by atoms with van der Waals surface area (Å²) in [5.41, 5.74) is 0.513. The molecule has 7 N–H and O–H groups in total. The van der Waals surface area contributed by atoms with E-state index < -0.39 is 59.6 Å². The molecule has 0 bridgehead atoms. The van der Waals surface area contributed by atoms with Crippen LogP contribution in [0.15, 0.2) is 42.9 Å². The van der Waals surface area contributed by atoms with Gasteiger partial charge in [-0.1, -0.05) is 76.3 Å². The molecule has 1 aromatic carbocycles. The Labute approximate surface area is 319 Å². The fourth-order valence-corrected chi connectivity index (χ4v) is 6.91. The highest BCUT2D eigenvalue weighted by atomic mass is 16.6. The lowest BCUT2D eigenvalue weighted by atomic mass is 9.81. The Morgan fingerprint density at radius 3 is 2.19 bits per heavy atom. The first-order valence-electron chi connectivity index (χ1n) is 19.4. The smallest absolute Gasteiger partial charge is 0.408 e. The topological polar surface area (TPSA) is 212 Å². The second-order valence-electron chi connectivity index (χ2n) is 16.0. The summed E-state index contributed by atoms with van der Waals surface area (Å²) in [6.45, 7) is 9.36. The molecule has 14 nitrogen and oxygen atoms in total. The molecule has 3 rings (SSSR count). The number of aromatic nitrogens is 2. The molecule has 1 aliphatic rings. The van der Waals surface area contributed by atoms with Gasteiger partial charge in [-0.15, -0.1) is 0 Å². The van der Waals surface area contributed by atoms with Crippen LogP contribution in [0.4, 0.5) is 4.79 Å². The SMILES string of the molecule is CC(C)CC(CC(O)C(CC1CCCCC1)NC(=O)[C@H](Cc1c[nH]cn1)NC(=O)[C@H](Cc1ccccc1)NC(=O)OC(C)(C)C)C(=O)NCCCC(=O)O. The number of aliphatic hydroxyl groups is 1. The second kappa shape index (κ2) is 22.0. The summed E-state index contributed by atoms with van der Waals surface area (Å²) in [5.74, 6) is -2.48. The van der Waals surface area contributed by atoms with Gasteiger partial charge < -0.3 is 41.2 Å². The van der Waals surface area contributed by atoms with Crippen molar-refractivity contribution < 1.29 is 38.9 Å². The minimum atomic E-state index is -1.12. The number of H-pyrrole nitrogens is 1. The van der Waals surface area contributed by atoms with E-state index in [-0.39, 0.29) is 50.0 Å². The number of ether oxygens (including phenoxy) is 1. The van der Waals surface area contributed by atoms with Gasteiger partial charge in [0.1, 0.15) is 17.7 Å². The molecule has 300 valence electrons. The Hall–Kier alpha value is -4.46. The molecule has 0 aliphatic heterocycles. The number of carboxylic acid groups (broad SMARTS) is 1. The molecule has 1 heterocycles. The third-order valence-corrected chi connectivity index (χ3v) is 9.51. The van der Waals surface area contributed by atoms with E-state index in [1.807, 2.05) is 44.2 Å². The zero-order valence-electron chi connectivity index (χ0n) is 32.6. The van der Waals surface area contributed by atoms with Crippen molar-refractivity contribution in [2.24, 2.45) is 17.8 Å². The van der Waals surface area contributed by atoms with Crippen molar-refractivity contribution in [2.75, 3.05) is 6.54 Å². The third kappa shape index (κ3) is 16.7. The monoisotopic (exact) mass is 754 g/mol. The first-order chi connectivity index (χ1) is 25.6. The van der Waals surface area contributed by atoms with Gasteiger partial charge in [0.25, 0.3) is 0 Å². The van der Waals surface area contributed by atoms with Crippen LogP contribution in [0, 0.1) is 17.8 Å². The molecule has 0 saturated heterocycles. The molecule has 2 aromatic rings. The molecular formula is C40H62N6O8. The van der Waals surface area contributed by atoms with E-state index in [1.165, 1.54) is 6.33 Å². The summed E-state index contributed by atoms with van der Waals surface area (Å²) in [6, 6.07) is 6.28. The molecule has 1 saturated carbocycles. The number of hydrogen-bond donors (Lipinski definition) is 7. The zero-order valence-corrected chi connectivity index (χ0v) is 32.6. The lowest BCUT2D eigenvalue weighted by molar-refractivity contribution is -0.137. The quantitative estimate of drug-likeness (QED) is 0.0898. The standard InChI is InChI=1S/C40H62N6O8/c1-26(2)19-29(36(50)42-18-12-17-35(48)49)22-34(47)31(20-27-13-8-6-9-14-27)44-38(52)33(23-30-24-41-25-43-30)45-37(51)32(21-28-15-10-7-11-16-28)46-39(53)54-40(3,4)5/h7,10-11,15-16,24-27,29,31-34,47H,6,8-9,12-14,17-23H2,1-5H3,(H,41,43)(H,42,50)(H,44,52)(H,45,51)(H,46,53)(H,48,49)/t29?,31?,32-,33-,34?/m0/s1. The molecule has 5 atom stereocenters. The largest absolute Gasteiger partial charge is 0.481 e. The number of aliphatic carboxylic acids is 1. The van der Waals surface area contributed by atoms with E-state index in [4.69, 9.17) is 9.84 Å². The zero-order chi connectivity index (χ0) is 39.7. The molecule has 4 amide bonds. The van der Waals surface area contributed by atoms with Gasteiger partial charge in [0, 0.05) is 37.9 Å². The summed E-state index contributed by atoms with van der Waals surface area (Å²) < 4.78 is 5.45. The van der Waals surface area contributed by atoms with Crippen LogP contribution < -0.4 is 21.3 Å². The Morgan fingerprint density at radius 1 is 0.907 bits per heavy atom. The first-order valence-corrected chi connectivity index (χ1v) is 19.4.